The standard InChI is InChI=1S/C39H39ClN6O6S/c1-21-22(2)53-39-32(21)34(25-14-16-26(40)17-15-25)41-29(35-44-43-23(3)45(35)39)20-27(47)10-7-19-52-18-6-9-24-8-4-11-28-33(24)38(51)46(37(28)50)30-12-5-13-31(48)42-36(30)49/h4,8,11,14-17,29-30H,5-7,9-10,12-13,18-20H2,1-3H3,(H,42,48,49)/t29-,30-/m0/s1. The van der Waals surface area contributed by atoms with Crippen molar-refractivity contribution in [3.63, 3.8) is 0 Å². The van der Waals surface area contributed by atoms with Gasteiger partial charge in [-0.15, -0.1) is 21.5 Å². The lowest BCUT2D eigenvalue weighted by Crippen LogP contribution is -2.49. The smallest absolute Gasteiger partial charge is 0.262 e. The third kappa shape index (κ3) is 7.12. The molecule has 14 heteroatoms. The highest BCUT2D eigenvalue weighted by Gasteiger charge is 2.44. The fourth-order valence-electron chi connectivity index (χ4n) is 7.27. The first-order valence-electron chi connectivity index (χ1n) is 17.8. The summed E-state index contributed by atoms with van der Waals surface area (Å²) in [5.74, 6) is -0.638. The van der Waals surface area contributed by atoms with E-state index in [1.165, 1.54) is 4.88 Å². The summed E-state index contributed by atoms with van der Waals surface area (Å²) < 4.78 is 7.91. The van der Waals surface area contributed by atoms with Gasteiger partial charge < -0.3 is 4.74 Å². The van der Waals surface area contributed by atoms with E-state index >= 15 is 0 Å². The minimum Gasteiger partial charge on any atom is -0.381 e. The lowest BCUT2D eigenvalue weighted by atomic mass is 9.99. The number of thiophene rings is 1. The molecule has 1 N–H and O–H groups in total. The Morgan fingerprint density at radius 1 is 0.981 bits per heavy atom. The first kappa shape index (κ1) is 36.5. The molecule has 0 saturated carbocycles. The van der Waals surface area contributed by atoms with Crippen LogP contribution in [-0.4, -0.2) is 74.0 Å². The van der Waals surface area contributed by atoms with Crippen LogP contribution in [0.5, 0.6) is 0 Å². The second-order valence-electron chi connectivity index (χ2n) is 13.6. The molecule has 274 valence electrons. The number of amides is 4. The molecule has 2 atom stereocenters. The summed E-state index contributed by atoms with van der Waals surface area (Å²) >= 11 is 7.89. The number of nitrogens with one attached hydrogen (secondary N) is 1. The minimum absolute atomic E-state index is 0.0439. The molecular formula is C39H39ClN6O6S. The van der Waals surface area contributed by atoms with Gasteiger partial charge in [-0.25, -0.2) is 0 Å². The Morgan fingerprint density at radius 2 is 1.75 bits per heavy atom. The van der Waals surface area contributed by atoms with E-state index in [0.29, 0.717) is 67.3 Å². The maximum atomic E-state index is 13.5. The maximum Gasteiger partial charge on any atom is 0.262 e. The summed E-state index contributed by atoms with van der Waals surface area (Å²) in [7, 11) is 0. The molecule has 0 unspecified atom stereocenters. The minimum atomic E-state index is -1.02. The van der Waals surface area contributed by atoms with Gasteiger partial charge in [0.1, 0.15) is 28.7 Å². The van der Waals surface area contributed by atoms with Gasteiger partial charge in [-0.2, -0.15) is 0 Å². The molecule has 5 heterocycles. The highest BCUT2D eigenvalue weighted by molar-refractivity contribution is 7.15. The van der Waals surface area contributed by atoms with E-state index in [1.807, 2.05) is 35.8 Å². The van der Waals surface area contributed by atoms with Crippen molar-refractivity contribution in [2.45, 2.75) is 84.2 Å². The highest BCUT2D eigenvalue weighted by atomic mass is 35.5. The Hall–Kier alpha value is -4.85. The van der Waals surface area contributed by atoms with E-state index < -0.39 is 35.7 Å². The van der Waals surface area contributed by atoms with Crippen LogP contribution in [0.3, 0.4) is 0 Å². The number of halogens is 1. The van der Waals surface area contributed by atoms with Gasteiger partial charge in [-0.1, -0.05) is 35.9 Å². The van der Waals surface area contributed by atoms with Crippen LogP contribution in [0.15, 0.2) is 47.5 Å². The quantitative estimate of drug-likeness (QED) is 0.137. The first-order chi connectivity index (χ1) is 25.5. The van der Waals surface area contributed by atoms with E-state index in [-0.39, 0.29) is 30.6 Å². The number of hydrogen-bond acceptors (Lipinski definition) is 10. The summed E-state index contributed by atoms with van der Waals surface area (Å²) in [6.07, 6.45) is 2.92. The van der Waals surface area contributed by atoms with E-state index in [2.05, 4.69) is 29.4 Å². The van der Waals surface area contributed by atoms with Crippen LogP contribution in [0.2, 0.25) is 5.02 Å². The zero-order valence-corrected chi connectivity index (χ0v) is 31.3. The third-order valence-corrected chi connectivity index (χ3v) is 11.5. The number of carbonyl (C=O) groups is 5. The molecule has 0 aliphatic carbocycles. The highest BCUT2D eigenvalue weighted by Crippen LogP contribution is 2.40. The molecule has 3 aliphatic heterocycles. The summed E-state index contributed by atoms with van der Waals surface area (Å²) in [5.41, 5.74) is 5.14. The number of aliphatic imine (C=N–C) groups is 1. The van der Waals surface area contributed by atoms with Crippen molar-refractivity contribution >= 4 is 58.1 Å². The van der Waals surface area contributed by atoms with Gasteiger partial charge in [0.05, 0.1) is 16.8 Å². The normalized spacial score (nSPS) is 18.3. The summed E-state index contributed by atoms with van der Waals surface area (Å²) in [6.45, 7) is 6.87. The molecule has 1 saturated heterocycles. The van der Waals surface area contributed by atoms with Gasteiger partial charge in [-0.05, 0) is 82.2 Å². The fourth-order valence-corrected chi connectivity index (χ4v) is 8.61. The Balaban J connectivity index is 0.948. The predicted molar refractivity (Wildman–Crippen MR) is 199 cm³/mol. The number of fused-ring (bicyclic) bond motifs is 4. The zero-order chi connectivity index (χ0) is 37.4. The van der Waals surface area contributed by atoms with E-state index in [1.54, 1.807) is 29.5 Å². The number of ether oxygens (including phenoxy) is 1. The molecule has 7 rings (SSSR count). The number of ketones is 1. The number of imide groups is 2. The Labute approximate surface area is 315 Å². The van der Waals surface area contributed by atoms with Crippen molar-refractivity contribution in [2.75, 3.05) is 13.2 Å². The summed E-state index contributed by atoms with van der Waals surface area (Å²) in [5, 5.41) is 12.8. The maximum absolute atomic E-state index is 13.5. The number of carbonyl (C=O) groups excluding carboxylic acids is 5. The van der Waals surface area contributed by atoms with Crippen molar-refractivity contribution in [1.29, 1.82) is 0 Å². The average Bonchev–Trinajstić information content (AvgIpc) is 3.65. The van der Waals surface area contributed by atoms with Crippen molar-refractivity contribution in [2.24, 2.45) is 4.99 Å². The molecule has 53 heavy (non-hydrogen) atoms. The molecule has 1 fully saturated rings. The lowest BCUT2D eigenvalue weighted by Gasteiger charge is -2.23. The Kier molecular flexibility index (Phi) is 10.5. The topological polar surface area (TPSA) is 153 Å². The van der Waals surface area contributed by atoms with Gasteiger partial charge in [0.2, 0.25) is 11.8 Å². The molecule has 3 aliphatic rings. The van der Waals surface area contributed by atoms with E-state index in [4.69, 9.17) is 21.3 Å². The van der Waals surface area contributed by atoms with Gasteiger partial charge in [0.25, 0.3) is 11.8 Å². The number of aromatic nitrogens is 3. The van der Waals surface area contributed by atoms with Crippen LogP contribution >= 0.6 is 22.9 Å². The van der Waals surface area contributed by atoms with Crippen molar-refractivity contribution in [3.05, 3.63) is 97.4 Å². The molecular weight excluding hydrogens is 716 g/mol. The second kappa shape index (κ2) is 15.2. The zero-order valence-electron chi connectivity index (χ0n) is 29.7. The molecule has 4 amide bonds. The third-order valence-electron chi connectivity index (χ3n) is 10.0. The fraction of sp³-hybridized carbons (Fsp3) is 0.385. The largest absolute Gasteiger partial charge is 0.381 e. The van der Waals surface area contributed by atoms with Crippen molar-refractivity contribution in [3.8, 4) is 5.00 Å². The number of hydrogen-bond donors (Lipinski definition) is 1. The molecule has 2 aromatic heterocycles. The molecule has 0 spiro atoms. The molecule has 12 nitrogen and oxygen atoms in total. The van der Waals surface area contributed by atoms with E-state index in [9.17, 15) is 24.0 Å². The van der Waals surface area contributed by atoms with E-state index in [0.717, 1.165) is 38.1 Å². The van der Waals surface area contributed by atoms with Crippen LogP contribution < -0.4 is 5.32 Å². The van der Waals surface area contributed by atoms with Crippen LogP contribution in [-0.2, 0) is 25.5 Å². The summed E-state index contributed by atoms with van der Waals surface area (Å²) in [6, 6.07) is 11.2. The second-order valence-corrected chi connectivity index (χ2v) is 15.2. The molecule has 2 aromatic carbocycles. The lowest BCUT2D eigenvalue weighted by molar-refractivity contribution is -0.131. The number of aryl methyl sites for hydroxylation is 3. The summed E-state index contributed by atoms with van der Waals surface area (Å²) in [4.78, 5) is 71.9. The SMILES string of the molecule is Cc1sc2c(c1C)C(c1ccc(Cl)cc1)=N[C@@H](CC(=O)CCCOCCCc1cccc3c1C(=O)N([C@H]1CCCC(=O)NC1=O)C3=O)c1nnc(C)n1-2. The van der Waals surface area contributed by atoms with Crippen LogP contribution in [0, 0.1) is 20.8 Å². The average molecular weight is 755 g/mol. The predicted octanol–water partition coefficient (Wildman–Crippen LogP) is 5.98. The van der Waals surface area contributed by atoms with Crippen LogP contribution in [0.4, 0.5) is 0 Å². The van der Waals surface area contributed by atoms with Gasteiger partial charge in [-0.3, -0.25) is 43.7 Å². The van der Waals surface area contributed by atoms with Gasteiger partial charge >= 0.3 is 0 Å². The molecule has 0 bridgehead atoms. The Bertz CT molecular complexity index is 2170. The first-order valence-corrected chi connectivity index (χ1v) is 19.0. The van der Waals surface area contributed by atoms with Crippen molar-refractivity contribution in [1.82, 2.24) is 25.0 Å². The molecule has 4 aromatic rings. The monoisotopic (exact) mass is 754 g/mol. The number of benzene rings is 2. The number of Topliss-reactive ketones (excluding diaryl/α,β-unsaturated/α-hetero) is 1. The van der Waals surface area contributed by atoms with Gasteiger partial charge in [0.15, 0.2) is 5.82 Å². The van der Waals surface area contributed by atoms with Crippen LogP contribution in [0.1, 0.15) is 110 Å². The van der Waals surface area contributed by atoms with Crippen LogP contribution in [0.25, 0.3) is 5.00 Å². The van der Waals surface area contributed by atoms with Gasteiger partial charge in [0, 0.05) is 53.5 Å². The number of rotatable bonds is 12. The molecule has 0 radical (unpaired) electrons. The number of nitrogens with zero attached hydrogens (tertiary/aromatic N) is 5. The van der Waals surface area contributed by atoms with Crippen molar-refractivity contribution < 1.29 is 28.7 Å². The Morgan fingerprint density at radius 3 is 2.55 bits per heavy atom.